The van der Waals surface area contributed by atoms with E-state index < -0.39 is 0 Å². The minimum Gasteiger partial charge on any atom is -0.314 e. The summed E-state index contributed by atoms with van der Waals surface area (Å²) < 4.78 is 1.96. The number of anilines is 1. The van der Waals surface area contributed by atoms with Gasteiger partial charge in [-0.25, -0.2) is 0 Å². The van der Waals surface area contributed by atoms with Crippen LogP contribution in [0.5, 0.6) is 0 Å². The van der Waals surface area contributed by atoms with Crippen molar-refractivity contribution in [3.63, 3.8) is 0 Å². The van der Waals surface area contributed by atoms with Crippen molar-refractivity contribution in [2.24, 2.45) is 0 Å². The Morgan fingerprint density at radius 2 is 2.08 bits per heavy atom. The smallest absolute Gasteiger partial charge is 0.231 e. The highest BCUT2D eigenvalue weighted by Gasteiger charge is 2.26. The molecule has 0 radical (unpaired) electrons. The number of carbonyl (C=O) groups excluding carboxylic acids is 1. The lowest BCUT2D eigenvalue weighted by Crippen LogP contribution is -2.20. The van der Waals surface area contributed by atoms with Gasteiger partial charge < -0.3 is 4.90 Å². The minimum absolute atomic E-state index is 0.147. The molecule has 0 atom stereocenters. The quantitative estimate of drug-likeness (QED) is 0.722. The van der Waals surface area contributed by atoms with E-state index in [1.807, 2.05) is 12.1 Å². The molecule has 1 aliphatic heterocycles. The van der Waals surface area contributed by atoms with E-state index in [9.17, 15) is 4.79 Å². The second-order valence-electron chi connectivity index (χ2n) is 3.02. The van der Waals surface area contributed by atoms with Crippen molar-refractivity contribution in [1.29, 1.82) is 0 Å². The minimum atomic E-state index is 0.147. The first-order valence-corrected chi connectivity index (χ1v) is 5.42. The summed E-state index contributed by atoms with van der Waals surface area (Å²) in [6.45, 7) is 0. The Morgan fingerprint density at radius 1 is 1.38 bits per heavy atom. The molecular weight excluding hydrogens is 298 g/mol. The summed E-state index contributed by atoms with van der Waals surface area (Å²) in [5.74, 6) is 0.147. The van der Waals surface area contributed by atoms with E-state index in [1.54, 1.807) is 11.9 Å². The van der Waals surface area contributed by atoms with E-state index in [0.717, 1.165) is 20.2 Å². The Labute approximate surface area is 93.2 Å². The van der Waals surface area contributed by atoms with Crippen molar-refractivity contribution in [2.45, 2.75) is 6.42 Å². The Balaban J connectivity index is 2.64. The van der Waals surface area contributed by atoms with Crippen LogP contribution in [0.1, 0.15) is 5.56 Å². The molecule has 0 spiro atoms. The predicted octanol–water partition coefficient (Wildman–Crippen LogP) is 2.73. The Hall–Kier alpha value is -0.350. The van der Waals surface area contributed by atoms with Gasteiger partial charge in [-0.05, 0) is 33.6 Å². The molecule has 0 unspecified atom stereocenters. The van der Waals surface area contributed by atoms with Crippen LogP contribution in [-0.2, 0) is 11.2 Å². The molecule has 1 heterocycles. The zero-order chi connectivity index (χ0) is 9.59. The van der Waals surface area contributed by atoms with Crippen molar-refractivity contribution >= 4 is 43.5 Å². The van der Waals surface area contributed by atoms with Crippen LogP contribution < -0.4 is 4.90 Å². The van der Waals surface area contributed by atoms with Crippen LogP contribution in [-0.4, -0.2) is 13.0 Å². The van der Waals surface area contributed by atoms with Gasteiger partial charge in [0.05, 0.1) is 12.1 Å². The number of amides is 1. The SMILES string of the molecule is CN1C(=O)Cc2cc(Br)cc(Br)c21. The summed E-state index contributed by atoms with van der Waals surface area (Å²) in [4.78, 5) is 13.1. The highest BCUT2D eigenvalue weighted by Crippen LogP contribution is 2.37. The van der Waals surface area contributed by atoms with Gasteiger partial charge in [-0.15, -0.1) is 0 Å². The first kappa shape index (κ1) is 9.21. The van der Waals surface area contributed by atoms with Gasteiger partial charge in [-0.3, -0.25) is 4.79 Å². The van der Waals surface area contributed by atoms with Crippen LogP contribution in [0.15, 0.2) is 21.1 Å². The largest absolute Gasteiger partial charge is 0.314 e. The summed E-state index contributed by atoms with van der Waals surface area (Å²) in [5, 5.41) is 0. The van der Waals surface area contributed by atoms with Crippen LogP contribution in [0.2, 0.25) is 0 Å². The summed E-state index contributed by atoms with van der Waals surface area (Å²) in [6, 6.07) is 3.94. The second kappa shape index (κ2) is 3.10. The third-order valence-corrected chi connectivity index (χ3v) is 3.22. The van der Waals surface area contributed by atoms with E-state index in [2.05, 4.69) is 31.9 Å². The standard InChI is InChI=1S/C9H7Br2NO/c1-12-8(13)3-5-2-6(10)4-7(11)9(5)12/h2,4H,3H2,1H3. The maximum absolute atomic E-state index is 11.4. The number of rotatable bonds is 0. The fourth-order valence-corrected chi connectivity index (χ4v) is 3.12. The van der Waals surface area contributed by atoms with Crippen molar-refractivity contribution in [3.8, 4) is 0 Å². The van der Waals surface area contributed by atoms with Gasteiger partial charge in [0.1, 0.15) is 0 Å². The van der Waals surface area contributed by atoms with E-state index in [0.29, 0.717) is 6.42 Å². The van der Waals surface area contributed by atoms with Crippen LogP contribution in [0, 0.1) is 0 Å². The second-order valence-corrected chi connectivity index (χ2v) is 4.79. The van der Waals surface area contributed by atoms with Crippen LogP contribution in [0.3, 0.4) is 0 Å². The molecule has 1 aromatic rings. The van der Waals surface area contributed by atoms with Crippen molar-refractivity contribution in [2.75, 3.05) is 11.9 Å². The lowest BCUT2D eigenvalue weighted by molar-refractivity contribution is -0.117. The van der Waals surface area contributed by atoms with Gasteiger partial charge in [-0.1, -0.05) is 15.9 Å². The van der Waals surface area contributed by atoms with Gasteiger partial charge in [0.2, 0.25) is 5.91 Å². The molecule has 0 bridgehead atoms. The monoisotopic (exact) mass is 303 g/mol. The maximum Gasteiger partial charge on any atom is 0.231 e. The first-order valence-electron chi connectivity index (χ1n) is 3.84. The molecule has 0 aromatic heterocycles. The predicted molar refractivity (Wildman–Crippen MR) is 59.0 cm³/mol. The molecule has 2 rings (SSSR count). The third-order valence-electron chi connectivity index (χ3n) is 2.16. The van der Waals surface area contributed by atoms with Crippen molar-refractivity contribution in [1.82, 2.24) is 0 Å². The number of hydrogen-bond donors (Lipinski definition) is 0. The van der Waals surface area contributed by atoms with Crippen molar-refractivity contribution < 1.29 is 4.79 Å². The molecule has 0 N–H and O–H groups in total. The molecule has 1 aliphatic rings. The lowest BCUT2D eigenvalue weighted by atomic mass is 10.2. The molecule has 68 valence electrons. The van der Waals surface area contributed by atoms with Gasteiger partial charge in [0.15, 0.2) is 0 Å². The normalized spacial score (nSPS) is 15.0. The van der Waals surface area contributed by atoms with Gasteiger partial charge in [0.25, 0.3) is 0 Å². The third kappa shape index (κ3) is 1.42. The number of carbonyl (C=O) groups is 1. The number of likely N-dealkylation sites (N-methyl/N-ethyl adjacent to an activating group) is 1. The average molecular weight is 305 g/mol. The fraction of sp³-hybridized carbons (Fsp3) is 0.222. The molecular formula is C9H7Br2NO. The van der Waals surface area contributed by atoms with E-state index in [1.165, 1.54) is 0 Å². The summed E-state index contributed by atoms with van der Waals surface area (Å²) >= 11 is 6.84. The van der Waals surface area contributed by atoms with Crippen molar-refractivity contribution in [3.05, 3.63) is 26.6 Å². The lowest BCUT2D eigenvalue weighted by Gasteiger charge is -2.11. The average Bonchev–Trinajstić information content (AvgIpc) is 2.27. The molecule has 4 heteroatoms. The highest BCUT2D eigenvalue weighted by atomic mass is 79.9. The molecule has 1 aromatic carbocycles. The van der Waals surface area contributed by atoms with Crippen LogP contribution in [0.25, 0.3) is 0 Å². The molecule has 2 nitrogen and oxygen atoms in total. The fourth-order valence-electron chi connectivity index (χ4n) is 1.54. The Morgan fingerprint density at radius 3 is 2.77 bits per heavy atom. The van der Waals surface area contributed by atoms with E-state index >= 15 is 0 Å². The Bertz CT molecular complexity index is 389. The van der Waals surface area contributed by atoms with Gasteiger partial charge >= 0.3 is 0 Å². The number of hydrogen-bond acceptors (Lipinski definition) is 1. The summed E-state index contributed by atoms with van der Waals surface area (Å²) in [6.07, 6.45) is 0.504. The number of nitrogens with zero attached hydrogens (tertiary/aromatic N) is 1. The maximum atomic E-state index is 11.4. The van der Waals surface area contributed by atoms with Gasteiger partial charge in [-0.2, -0.15) is 0 Å². The van der Waals surface area contributed by atoms with E-state index in [4.69, 9.17) is 0 Å². The van der Waals surface area contributed by atoms with Crippen LogP contribution >= 0.6 is 31.9 Å². The molecule has 13 heavy (non-hydrogen) atoms. The molecule has 0 aliphatic carbocycles. The Kier molecular flexibility index (Phi) is 2.20. The first-order chi connectivity index (χ1) is 6.09. The molecule has 0 saturated heterocycles. The van der Waals surface area contributed by atoms with Gasteiger partial charge in [0, 0.05) is 16.0 Å². The zero-order valence-electron chi connectivity index (χ0n) is 6.97. The summed E-state index contributed by atoms with van der Waals surface area (Å²) in [5.41, 5.74) is 2.07. The zero-order valence-corrected chi connectivity index (χ0v) is 10.1. The number of benzene rings is 1. The van der Waals surface area contributed by atoms with Crippen LogP contribution in [0.4, 0.5) is 5.69 Å². The summed E-state index contributed by atoms with van der Waals surface area (Å²) in [7, 11) is 1.80. The molecule has 0 saturated carbocycles. The van der Waals surface area contributed by atoms with E-state index in [-0.39, 0.29) is 5.91 Å². The molecule has 1 amide bonds. The molecule has 0 fully saturated rings. The number of fused-ring (bicyclic) bond motifs is 1. The number of halogens is 2. The topological polar surface area (TPSA) is 20.3 Å². The highest BCUT2D eigenvalue weighted by molar-refractivity contribution is 9.11.